The number of rotatable bonds is 7. The molecule has 0 radical (unpaired) electrons. The van der Waals surface area contributed by atoms with Crippen molar-refractivity contribution in [2.45, 2.75) is 45.3 Å². The smallest absolute Gasteiger partial charge is 0.0662 e. The van der Waals surface area contributed by atoms with Gasteiger partial charge in [-0.3, -0.25) is 9.58 Å². The average Bonchev–Trinajstić information content (AvgIpc) is 2.92. The minimum absolute atomic E-state index is 0.353. The van der Waals surface area contributed by atoms with E-state index in [1.807, 2.05) is 6.20 Å². The fourth-order valence-electron chi connectivity index (χ4n) is 3.15. The van der Waals surface area contributed by atoms with E-state index in [0.29, 0.717) is 12.1 Å². The molecule has 2 atom stereocenters. The maximum atomic E-state index is 4.52. The quantitative estimate of drug-likeness (QED) is 0.828. The zero-order valence-corrected chi connectivity index (χ0v) is 14.0. The summed E-state index contributed by atoms with van der Waals surface area (Å²) in [4.78, 5) is 4.93. The lowest BCUT2D eigenvalue weighted by Crippen LogP contribution is -2.55. The molecule has 0 aliphatic carbocycles. The summed E-state index contributed by atoms with van der Waals surface area (Å²) < 4.78 is 2.18. The van der Waals surface area contributed by atoms with E-state index in [2.05, 4.69) is 58.9 Å². The van der Waals surface area contributed by atoms with E-state index in [4.69, 9.17) is 0 Å². The van der Waals surface area contributed by atoms with Gasteiger partial charge in [-0.1, -0.05) is 13.8 Å². The summed E-state index contributed by atoms with van der Waals surface area (Å²) in [6.07, 6.45) is 4.22. The Balaban J connectivity index is 2.22. The Hall–Kier alpha value is -0.910. The standard InChI is InChI=1S/C16H31N5/c1-5-8-17-16(14-7-9-18-21(14)10-6-2)15-13-19(3)11-12-20(15)4/h7,9,15-17H,5-6,8,10-13H2,1-4H3. The van der Waals surface area contributed by atoms with Gasteiger partial charge in [-0.15, -0.1) is 0 Å². The molecule has 1 N–H and O–H groups in total. The summed E-state index contributed by atoms with van der Waals surface area (Å²) in [5.74, 6) is 0. The van der Waals surface area contributed by atoms with Crippen molar-refractivity contribution in [3.8, 4) is 0 Å². The number of nitrogens with zero attached hydrogens (tertiary/aromatic N) is 4. The fourth-order valence-corrected chi connectivity index (χ4v) is 3.15. The van der Waals surface area contributed by atoms with Gasteiger partial charge in [0.15, 0.2) is 0 Å². The van der Waals surface area contributed by atoms with Crippen molar-refractivity contribution in [3.63, 3.8) is 0 Å². The lowest BCUT2D eigenvalue weighted by atomic mass is 10.0. The first-order valence-electron chi connectivity index (χ1n) is 8.31. The SMILES string of the molecule is CCCNC(c1ccnn1CCC)C1CN(C)CCN1C. The van der Waals surface area contributed by atoms with Crippen LogP contribution < -0.4 is 5.32 Å². The van der Waals surface area contributed by atoms with Crippen molar-refractivity contribution in [1.82, 2.24) is 24.9 Å². The Morgan fingerprint density at radius 2 is 2.10 bits per heavy atom. The Labute approximate surface area is 129 Å². The molecule has 1 aliphatic heterocycles. The number of likely N-dealkylation sites (N-methyl/N-ethyl adjacent to an activating group) is 2. The fraction of sp³-hybridized carbons (Fsp3) is 0.812. The predicted molar refractivity (Wildman–Crippen MR) is 87.5 cm³/mol. The highest BCUT2D eigenvalue weighted by Crippen LogP contribution is 2.23. The van der Waals surface area contributed by atoms with Crippen molar-refractivity contribution in [2.75, 3.05) is 40.3 Å². The van der Waals surface area contributed by atoms with E-state index in [1.165, 1.54) is 5.69 Å². The molecule has 1 saturated heterocycles. The van der Waals surface area contributed by atoms with Crippen LogP contribution in [0, 0.1) is 0 Å². The normalized spacial score (nSPS) is 22.6. The second kappa shape index (κ2) is 7.92. The second-order valence-corrected chi connectivity index (χ2v) is 6.22. The third-order valence-electron chi connectivity index (χ3n) is 4.40. The first-order valence-corrected chi connectivity index (χ1v) is 8.31. The highest BCUT2D eigenvalue weighted by molar-refractivity contribution is 5.11. The monoisotopic (exact) mass is 293 g/mol. The van der Waals surface area contributed by atoms with Crippen molar-refractivity contribution in [3.05, 3.63) is 18.0 Å². The summed E-state index contributed by atoms with van der Waals surface area (Å²) in [5.41, 5.74) is 1.33. The summed E-state index contributed by atoms with van der Waals surface area (Å²) in [7, 11) is 4.47. The van der Waals surface area contributed by atoms with E-state index in [9.17, 15) is 0 Å². The van der Waals surface area contributed by atoms with Crippen LogP contribution in [-0.2, 0) is 6.54 Å². The molecule has 0 bridgehead atoms. The van der Waals surface area contributed by atoms with Crippen molar-refractivity contribution in [2.24, 2.45) is 0 Å². The zero-order chi connectivity index (χ0) is 15.2. The van der Waals surface area contributed by atoms with Crippen LogP contribution in [0.3, 0.4) is 0 Å². The average molecular weight is 293 g/mol. The minimum atomic E-state index is 0.353. The number of hydrogen-bond donors (Lipinski definition) is 1. The van der Waals surface area contributed by atoms with Gasteiger partial charge < -0.3 is 10.2 Å². The first-order chi connectivity index (χ1) is 10.2. The van der Waals surface area contributed by atoms with Crippen molar-refractivity contribution >= 4 is 0 Å². The molecule has 2 unspecified atom stereocenters. The third kappa shape index (κ3) is 4.05. The maximum Gasteiger partial charge on any atom is 0.0662 e. The lowest BCUT2D eigenvalue weighted by Gasteiger charge is -2.42. The van der Waals surface area contributed by atoms with Crippen LogP contribution >= 0.6 is 0 Å². The van der Waals surface area contributed by atoms with Gasteiger partial charge >= 0.3 is 0 Å². The summed E-state index contributed by atoms with van der Waals surface area (Å²) in [5, 5.41) is 8.28. The molecule has 0 amide bonds. The summed E-state index contributed by atoms with van der Waals surface area (Å²) >= 11 is 0. The molecule has 2 heterocycles. The van der Waals surface area contributed by atoms with E-state index in [1.54, 1.807) is 0 Å². The van der Waals surface area contributed by atoms with Crippen molar-refractivity contribution < 1.29 is 0 Å². The lowest BCUT2D eigenvalue weighted by molar-refractivity contribution is 0.0851. The van der Waals surface area contributed by atoms with E-state index >= 15 is 0 Å². The third-order valence-corrected chi connectivity index (χ3v) is 4.40. The number of piperazine rings is 1. The maximum absolute atomic E-state index is 4.52. The summed E-state index contributed by atoms with van der Waals surface area (Å²) in [6.45, 7) is 9.88. The van der Waals surface area contributed by atoms with Gasteiger partial charge in [-0.25, -0.2) is 0 Å². The Bertz CT molecular complexity index is 417. The molecule has 120 valence electrons. The molecular formula is C16H31N5. The molecule has 1 aliphatic rings. The van der Waals surface area contributed by atoms with Crippen LogP contribution in [0.5, 0.6) is 0 Å². The topological polar surface area (TPSA) is 36.3 Å². The molecule has 5 nitrogen and oxygen atoms in total. The highest BCUT2D eigenvalue weighted by atomic mass is 15.3. The molecule has 0 spiro atoms. The predicted octanol–water partition coefficient (Wildman–Crippen LogP) is 1.58. The largest absolute Gasteiger partial charge is 0.307 e. The van der Waals surface area contributed by atoms with E-state index in [0.717, 1.165) is 45.6 Å². The van der Waals surface area contributed by atoms with Gasteiger partial charge in [0, 0.05) is 38.4 Å². The minimum Gasteiger partial charge on any atom is -0.307 e. The molecule has 5 heteroatoms. The molecule has 2 rings (SSSR count). The number of aromatic nitrogens is 2. The van der Waals surface area contributed by atoms with Gasteiger partial charge in [-0.05, 0) is 39.5 Å². The van der Waals surface area contributed by atoms with E-state index in [-0.39, 0.29) is 0 Å². The van der Waals surface area contributed by atoms with Crippen LogP contribution in [0.2, 0.25) is 0 Å². The number of aryl methyl sites for hydroxylation is 1. The zero-order valence-electron chi connectivity index (χ0n) is 14.0. The first kappa shape index (κ1) is 16.5. The molecular weight excluding hydrogens is 262 g/mol. The van der Waals surface area contributed by atoms with Crippen LogP contribution in [0.15, 0.2) is 12.3 Å². The Morgan fingerprint density at radius 3 is 2.81 bits per heavy atom. The van der Waals surface area contributed by atoms with E-state index < -0.39 is 0 Å². The van der Waals surface area contributed by atoms with Gasteiger partial charge in [0.05, 0.1) is 11.7 Å². The number of nitrogens with one attached hydrogen (secondary N) is 1. The van der Waals surface area contributed by atoms with Crippen LogP contribution in [0.25, 0.3) is 0 Å². The molecule has 1 aromatic rings. The van der Waals surface area contributed by atoms with Gasteiger partial charge in [0.25, 0.3) is 0 Å². The Morgan fingerprint density at radius 1 is 1.29 bits per heavy atom. The van der Waals surface area contributed by atoms with Gasteiger partial charge in [0.2, 0.25) is 0 Å². The van der Waals surface area contributed by atoms with Crippen molar-refractivity contribution in [1.29, 1.82) is 0 Å². The molecule has 1 aromatic heterocycles. The van der Waals surface area contributed by atoms with Crippen LogP contribution in [0.4, 0.5) is 0 Å². The van der Waals surface area contributed by atoms with Gasteiger partial charge in [-0.2, -0.15) is 5.10 Å². The summed E-state index contributed by atoms with van der Waals surface area (Å²) in [6, 6.07) is 3.04. The van der Waals surface area contributed by atoms with Crippen LogP contribution in [0.1, 0.15) is 38.4 Å². The number of hydrogen-bond acceptors (Lipinski definition) is 4. The second-order valence-electron chi connectivity index (χ2n) is 6.22. The Kier molecular flexibility index (Phi) is 6.21. The molecule has 0 saturated carbocycles. The van der Waals surface area contributed by atoms with Gasteiger partial charge in [0.1, 0.15) is 0 Å². The molecule has 21 heavy (non-hydrogen) atoms. The molecule has 0 aromatic carbocycles. The molecule has 1 fully saturated rings. The van der Waals surface area contributed by atoms with Crippen LogP contribution in [-0.4, -0.2) is 65.9 Å². The highest BCUT2D eigenvalue weighted by Gasteiger charge is 2.32.